The predicted molar refractivity (Wildman–Crippen MR) is 96.2 cm³/mol. The largest absolute Gasteiger partial charge is 0.466 e. The van der Waals surface area contributed by atoms with E-state index in [4.69, 9.17) is 9.47 Å². The predicted octanol–water partition coefficient (Wildman–Crippen LogP) is 3.43. The highest BCUT2D eigenvalue weighted by Gasteiger charge is 2.40. The van der Waals surface area contributed by atoms with Gasteiger partial charge < -0.3 is 14.8 Å². The fourth-order valence-corrected chi connectivity index (χ4v) is 4.29. The fourth-order valence-electron chi connectivity index (χ4n) is 4.29. The molecule has 2 aliphatic heterocycles. The molecule has 1 fully saturated rings. The molecule has 1 atom stereocenters. The Morgan fingerprint density at radius 1 is 1.33 bits per heavy atom. The van der Waals surface area contributed by atoms with Crippen molar-refractivity contribution in [2.45, 2.75) is 44.4 Å². The summed E-state index contributed by atoms with van der Waals surface area (Å²) in [6.45, 7) is 1.92. The molecule has 2 heterocycles. The Kier molecular flexibility index (Phi) is 4.50. The first-order valence-electron chi connectivity index (χ1n) is 9.23. The van der Waals surface area contributed by atoms with Crippen molar-refractivity contribution in [3.8, 4) is 0 Å². The highest BCUT2D eigenvalue weighted by Crippen LogP contribution is 2.47. The SMILES string of the molecule is COC(=O)C1=C(C)NC2=C(CC(=O)OC2)[C@H]1c1cccc(F)c1C1CCC1. The van der Waals surface area contributed by atoms with Crippen LogP contribution in [0.3, 0.4) is 0 Å². The standard InChI is InChI=1S/C21H22FNO4/c1-11-18(21(25)26-2)20(14-9-17(24)27-10-16(14)23-11)13-7-4-8-15(22)19(13)12-5-3-6-12/h4,7-8,12,20,23H,3,5-6,9-10H2,1-2H3/t20-/m1/s1. The first-order chi connectivity index (χ1) is 13.0. The fraction of sp³-hybridized carbons (Fsp3) is 0.429. The molecule has 1 aromatic rings. The summed E-state index contributed by atoms with van der Waals surface area (Å²) in [5.41, 5.74) is 4.03. The molecule has 1 N–H and O–H groups in total. The van der Waals surface area contributed by atoms with E-state index in [2.05, 4.69) is 5.32 Å². The highest BCUT2D eigenvalue weighted by atomic mass is 19.1. The zero-order valence-electron chi connectivity index (χ0n) is 15.4. The Hall–Kier alpha value is -2.63. The lowest BCUT2D eigenvalue weighted by molar-refractivity contribution is -0.143. The molecule has 142 valence electrons. The molecule has 0 saturated heterocycles. The van der Waals surface area contributed by atoms with Gasteiger partial charge in [-0.25, -0.2) is 9.18 Å². The van der Waals surface area contributed by atoms with Crippen molar-refractivity contribution >= 4 is 11.9 Å². The molecule has 1 aromatic carbocycles. The Morgan fingerprint density at radius 3 is 2.78 bits per heavy atom. The number of methoxy groups -OCH3 is 1. The third-order valence-electron chi connectivity index (χ3n) is 5.80. The Bertz CT molecular complexity index is 882. The molecule has 3 aliphatic rings. The van der Waals surface area contributed by atoms with E-state index >= 15 is 0 Å². The monoisotopic (exact) mass is 371 g/mol. The van der Waals surface area contributed by atoms with E-state index in [1.807, 2.05) is 6.07 Å². The number of cyclic esters (lactones) is 1. The molecule has 6 heteroatoms. The molecule has 0 bridgehead atoms. The van der Waals surface area contributed by atoms with Gasteiger partial charge in [-0.05, 0) is 48.4 Å². The van der Waals surface area contributed by atoms with Gasteiger partial charge in [0.1, 0.15) is 12.4 Å². The maximum atomic E-state index is 14.8. The number of rotatable bonds is 3. The first-order valence-corrected chi connectivity index (χ1v) is 9.23. The lowest BCUT2D eigenvalue weighted by Gasteiger charge is -2.37. The minimum atomic E-state index is -0.507. The number of carbonyl (C=O) groups excluding carboxylic acids is 2. The van der Waals surface area contributed by atoms with Gasteiger partial charge in [0.05, 0.1) is 24.8 Å². The first kappa shape index (κ1) is 17.8. The maximum Gasteiger partial charge on any atom is 0.336 e. The second-order valence-corrected chi connectivity index (χ2v) is 7.30. The Morgan fingerprint density at radius 2 is 2.11 bits per heavy atom. The van der Waals surface area contributed by atoms with E-state index in [1.165, 1.54) is 13.2 Å². The normalized spacial score (nSPS) is 22.6. The highest BCUT2D eigenvalue weighted by molar-refractivity contribution is 5.93. The second kappa shape index (κ2) is 6.83. The number of ether oxygens (including phenoxy) is 2. The van der Waals surface area contributed by atoms with Gasteiger partial charge >= 0.3 is 11.9 Å². The van der Waals surface area contributed by atoms with Gasteiger partial charge in [0.2, 0.25) is 0 Å². The van der Waals surface area contributed by atoms with Gasteiger partial charge in [0.15, 0.2) is 0 Å². The van der Waals surface area contributed by atoms with Crippen molar-refractivity contribution in [3.63, 3.8) is 0 Å². The average Bonchev–Trinajstić information content (AvgIpc) is 2.60. The van der Waals surface area contributed by atoms with Crippen LogP contribution in [0.15, 0.2) is 40.7 Å². The minimum absolute atomic E-state index is 0.0708. The minimum Gasteiger partial charge on any atom is -0.466 e. The molecule has 1 saturated carbocycles. The smallest absolute Gasteiger partial charge is 0.336 e. The van der Waals surface area contributed by atoms with Crippen molar-refractivity contribution in [1.82, 2.24) is 5.32 Å². The van der Waals surface area contributed by atoms with Crippen LogP contribution >= 0.6 is 0 Å². The number of hydrogen-bond donors (Lipinski definition) is 1. The van der Waals surface area contributed by atoms with Crippen molar-refractivity contribution in [2.24, 2.45) is 0 Å². The third kappa shape index (κ3) is 2.93. The van der Waals surface area contributed by atoms with Crippen LogP contribution in [0.5, 0.6) is 0 Å². The number of halogens is 1. The van der Waals surface area contributed by atoms with E-state index in [0.29, 0.717) is 16.8 Å². The average molecular weight is 371 g/mol. The number of nitrogens with one attached hydrogen (secondary N) is 1. The van der Waals surface area contributed by atoms with Crippen LogP contribution in [0.2, 0.25) is 0 Å². The van der Waals surface area contributed by atoms with Crippen LogP contribution in [0.4, 0.5) is 4.39 Å². The lowest BCUT2D eigenvalue weighted by atomic mass is 9.71. The molecule has 4 rings (SSSR count). The summed E-state index contributed by atoms with van der Waals surface area (Å²) in [7, 11) is 1.33. The van der Waals surface area contributed by atoms with Crippen LogP contribution in [0.1, 0.15) is 55.6 Å². The summed E-state index contributed by atoms with van der Waals surface area (Å²) < 4.78 is 25.0. The molecule has 0 unspecified atom stereocenters. The summed E-state index contributed by atoms with van der Waals surface area (Å²) in [5, 5.41) is 3.18. The van der Waals surface area contributed by atoms with Gasteiger partial charge in [-0.3, -0.25) is 4.79 Å². The van der Waals surface area contributed by atoms with E-state index < -0.39 is 11.9 Å². The van der Waals surface area contributed by atoms with Gasteiger partial charge in [0.25, 0.3) is 0 Å². The van der Waals surface area contributed by atoms with Crippen molar-refractivity contribution in [3.05, 3.63) is 57.7 Å². The molecule has 1 aliphatic carbocycles. The topological polar surface area (TPSA) is 64.6 Å². The molecular formula is C21H22FNO4. The molecule has 5 nitrogen and oxygen atoms in total. The number of benzene rings is 1. The summed E-state index contributed by atoms with van der Waals surface area (Å²) in [6, 6.07) is 5.00. The number of allylic oxidation sites excluding steroid dienone is 1. The summed E-state index contributed by atoms with van der Waals surface area (Å²) in [4.78, 5) is 24.6. The van der Waals surface area contributed by atoms with Crippen molar-refractivity contribution in [1.29, 1.82) is 0 Å². The Balaban J connectivity index is 1.92. The van der Waals surface area contributed by atoms with Crippen LogP contribution in [0.25, 0.3) is 0 Å². The third-order valence-corrected chi connectivity index (χ3v) is 5.80. The van der Waals surface area contributed by atoms with Crippen LogP contribution in [0, 0.1) is 5.82 Å². The summed E-state index contributed by atoms with van der Waals surface area (Å²) >= 11 is 0. The zero-order valence-corrected chi connectivity index (χ0v) is 15.4. The zero-order chi connectivity index (χ0) is 19.1. The molecule has 0 aromatic heterocycles. The quantitative estimate of drug-likeness (QED) is 0.825. The van der Waals surface area contributed by atoms with E-state index in [1.54, 1.807) is 13.0 Å². The molecule has 0 amide bonds. The molecule has 0 radical (unpaired) electrons. The second-order valence-electron chi connectivity index (χ2n) is 7.30. The number of carbonyl (C=O) groups is 2. The lowest BCUT2D eigenvalue weighted by Crippen LogP contribution is -2.36. The number of esters is 2. The van der Waals surface area contributed by atoms with Crippen LogP contribution in [-0.4, -0.2) is 25.7 Å². The molecule has 0 spiro atoms. The molecular weight excluding hydrogens is 349 g/mol. The van der Waals surface area contributed by atoms with Crippen molar-refractivity contribution in [2.75, 3.05) is 13.7 Å². The number of hydrogen-bond acceptors (Lipinski definition) is 5. The van der Waals surface area contributed by atoms with Gasteiger partial charge in [-0.15, -0.1) is 0 Å². The van der Waals surface area contributed by atoms with Gasteiger partial charge in [-0.2, -0.15) is 0 Å². The Labute approximate surface area is 157 Å². The molecule has 27 heavy (non-hydrogen) atoms. The van der Waals surface area contributed by atoms with Crippen LogP contribution in [-0.2, 0) is 19.1 Å². The van der Waals surface area contributed by atoms with Gasteiger partial charge in [-0.1, -0.05) is 18.6 Å². The summed E-state index contributed by atoms with van der Waals surface area (Å²) in [5.74, 6) is -1.42. The maximum absolute atomic E-state index is 14.8. The van der Waals surface area contributed by atoms with Gasteiger partial charge in [0, 0.05) is 11.6 Å². The van der Waals surface area contributed by atoms with E-state index in [0.717, 1.165) is 36.1 Å². The van der Waals surface area contributed by atoms with Crippen molar-refractivity contribution < 1.29 is 23.5 Å². The summed E-state index contributed by atoms with van der Waals surface area (Å²) in [6.07, 6.45) is 3.01. The number of dihydropyridines is 1. The van der Waals surface area contributed by atoms with E-state index in [9.17, 15) is 14.0 Å². The van der Waals surface area contributed by atoms with Crippen LogP contribution < -0.4 is 5.32 Å². The van der Waals surface area contributed by atoms with E-state index in [-0.39, 0.29) is 30.7 Å².